The summed E-state index contributed by atoms with van der Waals surface area (Å²) in [6.07, 6.45) is 0. The number of carbonyl (C=O) groups is 3. The van der Waals surface area contributed by atoms with Gasteiger partial charge in [0.25, 0.3) is 0 Å². The number of amides is 2. The van der Waals surface area contributed by atoms with E-state index in [1.807, 2.05) is 0 Å². The van der Waals surface area contributed by atoms with E-state index in [-0.39, 0.29) is 42.3 Å². The fraction of sp³-hybridized carbons (Fsp3) is 0.267. The molecule has 128 valence electrons. The van der Waals surface area contributed by atoms with E-state index in [9.17, 15) is 14.4 Å². The van der Waals surface area contributed by atoms with Crippen molar-refractivity contribution in [3.8, 4) is 0 Å². The van der Waals surface area contributed by atoms with Crippen molar-refractivity contribution < 1.29 is 23.9 Å². The molecule has 0 saturated carbocycles. The molecule has 24 heavy (non-hydrogen) atoms. The van der Waals surface area contributed by atoms with Crippen LogP contribution in [-0.4, -0.2) is 37.7 Å². The first-order valence-electron chi connectivity index (χ1n) is 7.08. The number of nitrogen functional groups attached to an aromatic ring is 1. The Balaban J connectivity index is 2.14. The fourth-order valence-corrected chi connectivity index (χ4v) is 2.35. The van der Waals surface area contributed by atoms with Crippen LogP contribution in [0.2, 0.25) is 0 Å². The quantitative estimate of drug-likeness (QED) is 0.508. The van der Waals surface area contributed by atoms with Crippen molar-refractivity contribution >= 4 is 39.6 Å². The van der Waals surface area contributed by atoms with Crippen LogP contribution in [0.5, 0.6) is 0 Å². The van der Waals surface area contributed by atoms with Gasteiger partial charge in [-0.2, -0.15) is 0 Å². The Hall–Kier alpha value is -2.55. The molecule has 4 N–H and O–H groups in total. The monoisotopic (exact) mass is 397 g/mol. The Morgan fingerprint density at radius 3 is 2.75 bits per heavy atom. The minimum Gasteiger partial charge on any atom is -0.463 e. The van der Waals surface area contributed by atoms with Gasteiger partial charge in [-0.05, 0) is 25.1 Å². The van der Waals surface area contributed by atoms with Gasteiger partial charge in [-0.1, -0.05) is 15.9 Å². The van der Waals surface area contributed by atoms with Crippen LogP contribution in [-0.2, 0) is 14.3 Å². The van der Waals surface area contributed by atoms with Gasteiger partial charge in [0, 0.05) is 10.2 Å². The molecular weight excluding hydrogens is 382 g/mol. The number of anilines is 1. The minimum absolute atomic E-state index is 0.00340. The van der Waals surface area contributed by atoms with Crippen LogP contribution in [0.3, 0.4) is 0 Å². The zero-order valence-corrected chi connectivity index (χ0v) is 14.4. The Morgan fingerprint density at radius 2 is 2.04 bits per heavy atom. The van der Waals surface area contributed by atoms with Crippen LogP contribution in [0.15, 0.2) is 33.9 Å². The molecule has 2 rings (SSSR count). The lowest BCUT2D eigenvalue weighted by Crippen LogP contribution is -2.45. The van der Waals surface area contributed by atoms with Crippen molar-refractivity contribution in [1.82, 2.24) is 10.6 Å². The highest BCUT2D eigenvalue weighted by Gasteiger charge is 2.25. The molecule has 9 heteroatoms. The second-order valence-electron chi connectivity index (χ2n) is 4.79. The largest absolute Gasteiger partial charge is 0.463 e. The van der Waals surface area contributed by atoms with E-state index in [0.29, 0.717) is 4.47 Å². The molecule has 1 heterocycles. The molecule has 0 aromatic heterocycles. The minimum atomic E-state index is -0.669. The molecule has 8 nitrogen and oxygen atoms in total. The van der Waals surface area contributed by atoms with Crippen molar-refractivity contribution in [2.45, 2.75) is 6.92 Å². The average molecular weight is 398 g/mol. The summed E-state index contributed by atoms with van der Waals surface area (Å²) in [5, 5.41) is 4.91. The van der Waals surface area contributed by atoms with Gasteiger partial charge in [-0.25, -0.2) is 14.4 Å². The Bertz CT molecular complexity index is 717. The third kappa shape index (κ3) is 4.25. The highest BCUT2D eigenvalue weighted by molar-refractivity contribution is 9.10. The molecule has 0 spiro atoms. The molecule has 0 bridgehead atoms. The van der Waals surface area contributed by atoms with E-state index in [1.165, 1.54) is 6.07 Å². The standard InChI is InChI=1S/C15H16BrN3O5/c1-2-23-14(21)10-6-18-15(22)19-12(10)7-24-13(20)9-5-8(16)3-4-11(9)17/h3-5H,2,6-7,17H2,1H3,(H2,18,19,22). The molecule has 0 unspecified atom stereocenters. The number of esters is 2. The van der Waals surface area contributed by atoms with Gasteiger partial charge in [0.15, 0.2) is 0 Å². The normalized spacial score (nSPS) is 13.8. The van der Waals surface area contributed by atoms with Gasteiger partial charge in [0.1, 0.15) is 6.61 Å². The first kappa shape index (κ1) is 17.8. The first-order valence-corrected chi connectivity index (χ1v) is 7.87. The van der Waals surface area contributed by atoms with Gasteiger partial charge < -0.3 is 25.8 Å². The zero-order valence-electron chi connectivity index (χ0n) is 12.8. The highest BCUT2D eigenvalue weighted by Crippen LogP contribution is 2.19. The van der Waals surface area contributed by atoms with Crippen molar-refractivity contribution in [3.63, 3.8) is 0 Å². The SMILES string of the molecule is CCOC(=O)C1=C(COC(=O)c2cc(Br)ccc2N)NC(=O)NC1. The highest BCUT2D eigenvalue weighted by atomic mass is 79.9. The van der Waals surface area contributed by atoms with E-state index >= 15 is 0 Å². The maximum Gasteiger partial charge on any atom is 0.340 e. The van der Waals surface area contributed by atoms with Crippen LogP contribution in [0.4, 0.5) is 10.5 Å². The van der Waals surface area contributed by atoms with Gasteiger partial charge in [0.2, 0.25) is 0 Å². The van der Waals surface area contributed by atoms with E-state index in [0.717, 1.165) is 0 Å². The number of carbonyl (C=O) groups excluding carboxylic acids is 3. The zero-order chi connectivity index (χ0) is 17.7. The van der Waals surface area contributed by atoms with Crippen molar-refractivity contribution in [3.05, 3.63) is 39.5 Å². The first-order chi connectivity index (χ1) is 11.4. The second-order valence-corrected chi connectivity index (χ2v) is 5.71. The van der Waals surface area contributed by atoms with Crippen LogP contribution in [0.1, 0.15) is 17.3 Å². The third-order valence-electron chi connectivity index (χ3n) is 3.16. The molecule has 1 aliphatic rings. The van der Waals surface area contributed by atoms with Crippen molar-refractivity contribution in [2.75, 3.05) is 25.5 Å². The van der Waals surface area contributed by atoms with E-state index in [2.05, 4.69) is 26.6 Å². The van der Waals surface area contributed by atoms with E-state index in [1.54, 1.807) is 19.1 Å². The second kappa shape index (κ2) is 7.82. The number of benzene rings is 1. The molecule has 0 fully saturated rings. The molecular formula is C15H16BrN3O5. The van der Waals surface area contributed by atoms with Gasteiger partial charge in [0.05, 0.1) is 30.0 Å². The maximum atomic E-state index is 12.2. The summed E-state index contributed by atoms with van der Waals surface area (Å²) in [4.78, 5) is 35.5. The number of ether oxygens (including phenoxy) is 2. The summed E-state index contributed by atoms with van der Waals surface area (Å²) >= 11 is 3.25. The van der Waals surface area contributed by atoms with Gasteiger partial charge in [-0.15, -0.1) is 0 Å². The molecule has 1 aromatic carbocycles. The average Bonchev–Trinajstić information content (AvgIpc) is 2.55. The molecule has 0 atom stereocenters. The van der Waals surface area contributed by atoms with Gasteiger partial charge in [-0.3, -0.25) is 0 Å². The van der Waals surface area contributed by atoms with E-state index in [4.69, 9.17) is 15.2 Å². The summed E-state index contributed by atoms with van der Waals surface area (Å²) in [7, 11) is 0. The van der Waals surface area contributed by atoms with Crippen molar-refractivity contribution in [1.29, 1.82) is 0 Å². The molecule has 2 amide bonds. The number of nitrogens with one attached hydrogen (secondary N) is 2. The molecule has 1 aliphatic heterocycles. The topological polar surface area (TPSA) is 120 Å². The summed E-state index contributed by atoms with van der Waals surface area (Å²) in [5.41, 5.74) is 6.57. The number of urea groups is 1. The third-order valence-corrected chi connectivity index (χ3v) is 3.65. The Kier molecular flexibility index (Phi) is 5.80. The molecule has 0 radical (unpaired) electrons. The Labute approximate surface area is 146 Å². The van der Waals surface area contributed by atoms with Crippen LogP contribution < -0.4 is 16.4 Å². The molecule has 1 aromatic rings. The lowest BCUT2D eigenvalue weighted by molar-refractivity contribution is -0.138. The lowest BCUT2D eigenvalue weighted by atomic mass is 10.1. The summed E-state index contributed by atoms with van der Waals surface area (Å²) in [6, 6.07) is 4.30. The fourth-order valence-electron chi connectivity index (χ4n) is 1.99. The maximum absolute atomic E-state index is 12.2. The number of nitrogens with two attached hydrogens (primary N) is 1. The Morgan fingerprint density at radius 1 is 1.29 bits per heavy atom. The van der Waals surface area contributed by atoms with Crippen molar-refractivity contribution in [2.24, 2.45) is 0 Å². The predicted molar refractivity (Wildman–Crippen MR) is 89.0 cm³/mol. The number of hydrogen-bond donors (Lipinski definition) is 3. The number of halogens is 1. The van der Waals surface area contributed by atoms with Gasteiger partial charge >= 0.3 is 18.0 Å². The lowest BCUT2D eigenvalue weighted by Gasteiger charge is -2.21. The molecule has 0 saturated heterocycles. The predicted octanol–water partition coefficient (Wildman–Crippen LogP) is 1.32. The van der Waals surface area contributed by atoms with Crippen LogP contribution in [0.25, 0.3) is 0 Å². The van der Waals surface area contributed by atoms with E-state index < -0.39 is 18.0 Å². The summed E-state index contributed by atoms with van der Waals surface area (Å²) in [6.45, 7) is 1.57. The summed E-state index contributed by atoms with van der Waals surface area (Å²) < 4.78 is 10.8. The van der Waals surface area contributed by atoms with Crippen LogP contribution in [0, 0.1) is 0 Å². The number of rotatable bonds is 5. The summed E-state index contributed by atoms with van der Waals surface area (Å²) in [5.74, 6) is -1.25. The smallest absolute Gasteiger partial charge is 0.340 e. The number of hydrogen-bond acceptors (Lipinski definition) is 6. The molecule has 0 aliphatic carbocycles. The van der Waals surface area contributed by atoms with Crippen LogP contribution >= 0.6 is 15.9 Å².